The van der Waals surface area contributed by atoms with Gasteiger partial charge in [0.1, 0.15) is 11.6 Å². The van der Waals surface area contributed by atoms with Crippen molar-refractivity contribution < 1.29 is 0 Å². The minimum atomic E-state index is -0.0278. The minimum Gasteiger partial charge on any atom is -0.356 e. The Morgan fingerprint density at radius 1 is 1.10 bits per heavy atom. The van der Waals surface area contributed by atoms with Crippen molar-refractivity contribution >= 4 is 5.82 Å². The van der Waals surface area contributed by atoms with E-state index in [-0.39, 0.29) is 17.0 Å². The van der Waals surface area contributed by atoms with Gasteiger partial charge < -0.3 is 15.2 Å². The van der Waals surface area contributed by atoms with E-state index in [4.69, 9.17) is 10.7 Å². The molecule has 3 aromatic rings. The predicted molar refractivity (Wildman–Crippen MR) is 119 cm³/mol. The molecule has 30 heavy (non-hydrogen) atoms. The van der Waals surface area contributed by atoms with Gasteiger partial charge in [0.05, 0.1) is 11.7 Å². The zero-order valence-electron chi connectivity index (χ0n) is 17.9. The molecule has 1 fully saturated rings. The molecule has 2 aliphatic rings. The predicted octanol–water partition coefficient (Wildman–Crippen LogP) is 3.26. The summed E-state index contributed by atoms with van der Waals surface area (Å²) < 4.78 is 4.02. The Kier molecular flexibility index (Phi) is 4.36. The van der Waals surface area contributed by atoms with Crippen LogP contribution >= 0.6 is 0 Å². The Bertz CT molecular complexity index is 1170. The molecule has 1 saturated heterocycles. The van der Waals surface area contributed by atoms with E-state index < -0.39 is 0 Å². The third kappa shape index (κ3) is 2.82. The van der Waals surface area contributed by atoms with Crippen LogP contribution in [0.1, 0.15) is 41.5 Å². The van der Waals surface area contributed by atoms with Gasteiger partial charge in [-0.15, -0.1) is 0 Å². The Labute approximate surface area is 177 Å². The van der Waals surface area contributed by atoms with Crippen LogP contribution in [-0.4, -0.2) is 27.2 Å². The summed E-state index contributed by atoms with van der Waals surface area (Å²) in [7, 11) is 0. The standard InChI is InChI=1S/C24H29N5O/c1-16-6-4-7-19(17(16)2)29-18(3)26-21(14-22(29)30)27-12-9-24(10-13-27)15-28-11-5-8-20(28)23(24)25/h4-8,11,14,23H,9-10,12-13,15,25H2,1-3H3/t23-/m1/s1. The number of fused-ring (bicyclic) bond motifs is 1. The normalized spacial score (nSPS) is 20.0. The summed E-state index contributed by atoms with van der Waals surface area (Å²) in [6.07, 6.45) is 4.15. The molecular weight excluding hydrogens is 374 g/mol. The largest absolute Gasteiger partial charge is 0.356 e. The molecule has 2 aromatic heterocycles. The van der Waals surface area contributed by atoms with Crippen LogP contribution in [0.5, 0.6) is 0 Å². The Balaban J connectivity index is 1.40. The van der Waals surface area contributed by atoms with E-state index in [1.807, 2.05) is 19.1 Å². The van der Waals surface area contributed by atoms with Crippen molar-refractivity contribution in [1.29, 1.82) is 0 Å². The number of piperidine rings is 1. The van der Waals surface area contributed by atoms with Crippen LogP contribution in [0.2, 0.25) is 0 Å². The number of benzene rings is 1. The van der Waals surface area contributed by atoms with Crippen LogP contribution in [-0.2, 0) is 6.54 Å². The van der Waals surface area contributed by atoms with Gasteiger partial charge >= 0.3 is 0 Å². The lowest BCUT2D eigenvalue weighted by Crippen LogP contribution is -2.45. The molecule has 156 valence electrons. The molecule has 2 N–H and O–H groups in total. The van der Waals surface area contributed by atoms with Gasteiger partial charge in [0.25, 0.3) is 5.56 Å². The van der Waals surface area contributed by atoms with Gasteiger partial charge in [-0.25, -0.2) is 4.98 Å². The lowest BCUT2D eigenvalue weighted by atomic mass is 9.73. The zero-order valence-corrected chi connectivity index (χ0v) is 17.9. The van der Waals surface area contributed by atoms with Gasteiger partial charge in [-0.2, -0.15) is 0 Å². The Hall–Kier alpha value is -2.86. The average molecular weight is 404 g/mol. The molecule has 6 nitrogen and oxygen atoms in total. The second kappa shape index (κ2) is 6.84. The van der Waals surface area contributed by atoms with Crippen molar-refractivity contribution in [3.63, 3.8) is 0 Å². The van der Waals surface area contributed by atoms with Crippen molar-refractivity contribution in [2.45, 2.75) is 46.2 Å². The van der Waals surface area contributed by atoms with Crippen molar-refractivity contribution in [3.05, 3.63) is 75.6 Å². The molecule has 1 aromatic carbocycles. The molecule has 0 saturated carbocycles. The molecule has 5 rings (SSSR count). The fourth-order valence-electron chi connectivity index (χ4n) is 5.27. The molecular formula is C24H29N5O. The molecule has 0 aliphatic carbocycles. The summed E-state index contributed by atoms with van der Waals surface area (Å²) >= 11 is 0. The quantitative estimate of drug-likeness (QED) is 0.713. The van der Waals surface area contributed by atoms with Crippen LogP contribution in [0, 0.1) is 26.2 Å². The lowest BCUT2D eigenvalue weighted by molar-refractivity contribution is 0.174. The van der Waals surface area contributed by atoms with E-state index in [0.29, 0.717) is 0 Å². The molecule has 0 radical (unpaired) electrons. The Morgan fingerprint density at radius 2 is 1.87 bits per heavy atom. The van der Waals surface area contributed by atoms with Gasteiger partial charge in [-0.05, 0) is 62.9 Å². The van der Waals surface area contributed by atoms with E-state index in [2.05, 4.69) is 47.7 Å². The molecule has 6 heteroatoms. The van der Waals surface area contributed by atoms with Crippen LogP contribution in [0.25, 0.3) is 5.69 Å². The summed E-state index contributed by atoms with van der Waals surface area (Å²) in [6, 6.07) is 12.0. The average Bonchev–Trinajstić information content (AvgIpc) is 3.27. The lowest BCUT2D eigenvalue weighted by Gasteiger charge is -2.42. The van der Waals surface area contributed by atoms with Crippen molar-refractivity contribution in [2.75, 3.05) is 18.0 Å². The topological polar surface area (TPSA) is 69.1 Å². The highest BCUT2D eigenvalue weighted by Crippen LogP contribution is 2.48. The van der Waals surface area contributed by atoms with Crippen LogP contribution in [0.3, 0.4) is 0 Å². The van der Waals surface area contributed by atoms with Gasteiger partial charge in [-0.1, -0.05) is 12.1 Å². The summed E-state index contributed by atoms with van der Waals surface area (Å²) in [5, 5.41) is 0. The fraction of sp³-hybridized carbons (Fsp3) is 0.417. The molecule has 1 atom stereocenters. The molecule has 2 aliphatic heterocycles. The van der Waals surface area contributed by atoms with Crippen molar-refractivity contribution in [2.24, 2.45) is 11.1 Å². The van der Waals surface area contributed by atoms with E-state index in [1.54, 1.807) is 10.6 Å². The Morgan fingerprint density at radius 3 is 2.57 bits per heavy atom. The first kappa shape index (κ1) is 19.1. The number of nitrogens with zero attached hydrogens (tertiary/aromatic N) is 4. The van der Waals surface area contributed by atoms with E-state index >= 15 is 0 Å². The van der Waals surface area contributed by atoms with E-state index in [1.165, 1.54) is 11.3 Å². The summed E-state index contributed by atoms with van der Waals surface area (Å²) in [6.45, 7) is 8.77. The number of anilines is 1. The first-order valence-electron chi connectivity index (χ1n) is 10.7. The number of rotatable bonds is 2. The zero-order chi connectivity index (χ0) is 21.0. The number of hydrogen-bond acceptors (Lipinski definition) is 4. The van der Waals surface area contributed by atoms with Crippen LogP contribution in [0.15, 0.2) is 47.4 Å². The summed E-state index contributed by atoms with van der Waals surface area (Å²) in [5.74, 6) is 1.50. The maximum atomic E-state index is 13.1. The summed E-state index contributed by atoms with van der Waals surface area (Å²) in [4.78, 5) is 20.1. The molecule has 0 bridgehead atoms. The molecule has 0 unspecified atom stereocenters. The van der Waals surface area contributed by atoms with Crippen molar-refractivity contribution in [1.82, 2.24) is 14.1 Å². The maximum absolute atomic E-state index is 13.1. The second-order valence-electron chi connectivity index (χ2n) is 8.94. The van der Waals surface area contributed by atoms with Crippen LogP contribution < -0.4 is 16.2 Å². The number of hydrogen-bond donors (Lipinski definition) is 1. The van der Waals surface area contributed by atoms with Crippen molar-refractivity contribution in [3.8, 4) is 5.69 Å². The van der Waals surface area contributed by atoms with Gasteiger partial charge in [0, 0.05) is 43.0 Å². The number of aryl methyl sites for hydroxylation is 2. The second-order valence-corrected chi connectivity index (χ2v) is 8.94. The highest BCUT2D eigenvalue weighted by atomic mass is 16.1. The minimum absolute atomic E-state index is 0.0278. The van der Waals surface area contributed by atoms with E-state index in [9.17, 15) is 4.79 Å². The van der Waals surface area contributed by atoms with Gasteiger partial charge in [-0.3, -0.25) is 9.36 Å². The fourth-order valence-corrected chi connectivity index (χ4v) is 5.27. The monoisotopic (exact) mass is 403 g/mol. The summed E-state index contributed by atoms with van der Waals surface area (Å²) in [5.41, 5.74) is 11.2. The molecule has 1 spiro atoms. The molecule has 0 amide bonds. The van der Waals surface area contributed by atoms with E-state index in [0.717, 1.165) is 55.4 Å². The third-order valence-corrected chi connectivity index (χ3v) is 7.30. The third-order valence-electron chi connectivity index (χ3n) is 7.30. The van der Waals surface area contributed by atoms with Crippen LogP contribution in [0.4, 0.5) is 5.82 Å². The first-order valence-corrected chi connectivity index (χ1v) is 10.7. The molecule has 4 heterocycles. The highest BCUT2D eigenvalue weighted by molar-refractivity contribution is 5.47. The maximum Gasteiger partial charge on any atom is 0.260 e. The number of nitrogens with two attached hydrogens (primary N) is 1. The SMILES string of the molecule is Cc1cccc(-n2c(C)nc(N3CCC4(CC3)Cn3cccc3[C@H]4N)cc2=O)c1C. The first-order chi connectivity index (χ1) is 14.4. The smallest absolute Gasteiger partial charge is 0.260 e. The number of aromatic nitrogens is 3. The highest BCUT2D eigenvalue weighted by Gasteiger charge is 2.46. The van der Waals surface area contributed by atoms with Gasteiger partial charge in [0.15, 0.2) is 0 Å². The van der Waals surface area contributed by atoms with Gasteiger partial charge in [0.2, 0.25) is 0 Å².